The van der Waals surface area contributed by atoms with Crippen LogP contribution in [0.1, 0.15) is 11.1 Å². The summed E-state index contributed by atoms with van der Waals surface area (Å²) in [7, 11) is 0. The van der Waals surface area contributed by atoms with Crippen LogP contribution < -0.4 is 5.32 Å². The molecule has 96 valence electrons. The first-order valence-corrected chi connectivity index (χ1v) is 6.39. The van der Waals surface area contributed by atoms with Gasteiger partial charge in [-0.3, -0.25) is 4.79 Å². The average Bonchev–Trinajstić information content (AvgIpc) is 2.76. The van der Waals surface area contributed by atoms with Gasteiger partial charge < -0.3 is 5.32 Å². The minimum Gasteiger partial charge on any atom is -0.322 e. The van der Waals surface area contributed by atoms with Gasteiger partial charge in [0.15, 0.2) is 0 Å². The summed E-state index contributed by atoms with van der Waals surface area (Å²) in [4.78, 5) is 11.2. The number of halogens is 2. The predicted molar refractivity (Wildman–Crippen MR) is 74.1 cm³/mol. The molecule has 0 heterocycles. The fourth-order valence-corrected chi connectivity index (χ4v) is 2.47. The van der Waals surface area contributed by atoms with E-state index >= 15 is 0 Å². The van der Waals surface area contributed by atoms with Gasteiger partial charge >= 0.3 is 0 Å². The third-order valence-electron chi connectivity index (χ3n) is 3.26. The van der Waals surface area contributed by atoms with E-state index in [1.165, 1.54) is 11.1 Å². The van der Waals surface area contributed by atoms with Gasteiger partial charge in [-0.15, -0.1) is 0 Å². The molecule has 0 saturated heterocycles. The third kappa shape index (κ3) is 2.22. The Kier molecular flexibility index (Phi) is 2.99. The molecule has 4 heteroatoms. The summed E-state index contributed by atoms with van der Waals surface area (Å²) < 4.78 is 12.6. The zero-order valence-electron chi connectivity index (χ0n) is 9.99. The van der Waals surface area contributed by atoms with E-state index in [-0.39, 0.29) is 0 Å². The number of alkyl halides is 2. The highest BCUT2D eigenvalue weighted by Gasteiger charge is 2.19. The molecule has 1 amide bonds. The molecule has 0 aromatic heterocycles. The van der Waals surface area contributed by atoms with Gasteiger partial charge in [-0.05, 0) is 40.8 Å². The Bertz CT molecular complexity index is 654. The SMILES string of the molecule is O=C(Nc1ccc2c(c1)Cc1ccccc1-2)C(F)Cl. The molecule has 2 nitrogen and oxygen atoms in total. The van der Waals surface area contributed by atoms with Crippen LogP contribution in [0, 0.1) is 0 Å². The number of hydrogen-bond acceptors (Lipinski definition) is 1. The molecule has 1 N–H and O–H groups in total. The number of rotatable bonds is 2. The Morgan fingerprint density at radius 3 is 2.68 bits per heavy atom. The van der Waals surface area contributed by atoms with Crippen LogP contribution >= 0.6 is 11.6 Å². The highest BCUT2D eigenvalue weighted by molar-refractivity contribution is 6.31. The molecule has 1 atom stereocenters. The molecule has 2 aromatic rings. The molecular weight excluding hydrogens is 265 g/mol. The standard InChI is InChI=1S/C15H11ClFNO/c16-14(17)15(19)18-11-5-6-13-10(8-11)7-9-3-1-2-4-12(9)13/h1-6,8,14H,7H2,(H,18,19). The first-order chi connectivity index (χ1) is 9.15. The molecule has 0 saturated carbocycles. The molecule has 2 aromatic carbocycles. The number of carbonyl (C=O) groups excluding carboxylic acids is 1. The summed E-state index contributed by atoms with van der Waals surface area (Å²) in [5.41, 5.74) is 3.32. The van der Waals surface area contributed by atoms with Crippen LogP contribution in [0.5, 0.6) is 0 Å². The van der Waals surface area contributed by atoms with E-state index < -0.39 is 11.5 Å². The van der Waals surface area contributed by atoms with E-state index in [1.807, 2.05) is 24.3 Å². The molecule has 1 aliphatic rings. The van der Waals surface area contributed by atoms with Crippen molar-refractivity contribution in [2.45, 2.75) is 12.1 Å². The van der Waals surface area contributed by atoms with Gasteiger partial charge in [-0.1, -0.05) is 41.9 Å². The highest BCUT2D eigenvalue weighted by Crippen LogP contribution is 2.37. The monoisotopic (exact) mass is 275 g/mol. The van der Waals surface area contributed by atoms with Crippen LogP contribution in [-0.4, -0.2) is 11.5 Å². The number of amides is 1. The minimum absolute atomic E-state index is 0.569. The maximum Gasteiger partial charge on any atom is 0.274 e. The van der Waals surface area contributed by atoms with E-state index in [9.17, 15) is 9.18 Å². The quantitative estimate of drug-likeness (QED) is 0.710. The lowest BCUT2D eigenvalue weighted by Gasteiger charge is -2.07. The molecule has 0 spiro atoms. The Morgan fingerprint density at radius 2 is 1.89 bits per heavy atom. The number of anilines is 1. The number of nitrogens with one attached hydrogen (secondary N) is 1. The average molecular weight is 276 g/mol. The van der Waals surface area contributed by atoms with Crippen molar-refractivity contribution in [3.63, 3.8) is 0 Å². The predicted octanol–water partition coefficient (Wildman–Crippen LogP) is 3.73. The van der Waals surface area contributed by atoms with Crippen LogP contribution in [0.25, 0.3) is 11.1 Å². The second-order valence-electron chi connectivity index (χ2n) is 4.50. The minimum atomic E-state index is -2.02. The first-order valence-electron chi connectivity index (χ1n) is 5.95. The van der Waals surface area contributed by atoms with Gasteiger partial charge in [0.05, 0.1) is 0 Å². The summed E-state index contributed by atoms with van der Waals surface area (Å²) in [5.74, 6) is -0.836. The fraction of sp³-hybridized carbons (Fsp3) is 0.133. The number of benzene rings is 2. The van der Waals surface area contributed by atoms with Gasteiger partial charge in [0.2, 0.25) is 0 Å². The van der Waals surface area contributed by atoms with E-state index in [4.69, 9.17) is 11.6 Å². The molecule has 0 radical (unpaired) electrons. The van der Waals surface area contributed by atoms with Gasteiger partial charge in [0.1, 0.15) is 0 Å². The van der Waals surface area contributed by atoms with Crippen LogP contribution in [0.2, 0.25) is 0 Å². The summed E-state index contributed by atoms with van der Waals surface area (Å²) >= 11 is 5.09. The summed E-state index contributed by atoms with van der Waals surface area (Å²) in [6.07, 6.45) is 0.829. The lowest BCUT2D eigenvalue weighted by Crippen LogP contribution is -2.19. The number of carbonyl (C=O) groups is 1. The van der Waals surface area contributed by atoms with E-state index in [0.29, 0.717) is 5.69 Å². The van der Waals surface area contributed by atoms with Gasteiger partial charge in [-0.25, -0.2) is 4.39 Å². The maximum absolute atomic E-state index is 12.6. The molecule has 0 aliphatic heterocycles. The fourth-order valence-electron chi connectivity index (χ4n) is 2.42. The highest BCUT2D eigenvalue weighted by atomic mass is 35.5. The van der Waals surface area contributed by atoms with Crippen LogP contribution in [0.3, 0.4) is 0 Å². The molecule has 1 unspecified atom stereocenters. The van der Waals surface area contributed by atoms with Crippen molar-refractivity contribution in [1.82, 2.24) is 0 Å². The zero-order valence-corrected chi connectivity index (χ0v) is 10.7. The normalized spacial score (nSPS) is 13.6. The van der Waals surface area contributed by atoms with Gasteiger partial charge in [0.25, 0.3) is 11.5 Å². The molecule has 19 heavy (non-hydrogen) atoms. The summed E-state index contributed by atoms with van der Waals surface area (Å²) in [6.45, 7) is 0. The van der Waals surface area contributed by atoms with Crippen molar-refractivity contribution >= 4 is 23.2 Å². The number of fused-ring (bicyclic) bond motifs is 3. The molecule has 0 fully saturated rings. The van der Waals surface area contributed by atoms with Gasteiger partial charge in [0, 0.05) is 5.69 Å². The van der Waals surface area contributed by atoms with Crippen molar-refractivity contribution in [2.75, 3.05) is 5.32 Å². The summed E-state index contributed by atoms with van der Waals surface area (Å²) in [6, 6.07) is 13.8. The Balaban J connectivity index is 1.91. The van der Waals surface area contributed by atoms with Crippen molar-refractivity contribution in [2.24, 2.45) is 0 Å². The number of hydrogen-bond donors (Lipinski definition) is 1. The van der Waals surface area contributed by atoms with Crippen LogP contribution in [0.15, 0.2) is 42.5 Å². The third-order valence-corrected chi connectivity index (χ3v) is 3.46. The lowest BCUT2D eigenvalue weighted by molar-refractivity contribution is -0.118. The maximum atomic E-state index is 12.6. The topological polar surface area (TPSA) is 29.1 Å². The Morgan fingerprint density at radius 1 is 1.16 bits per heavy atom. The zero-order chi connectivity index (χ0) is 13.4. The van der Waals surface area contributed by atoms with Crippen molar-refractivity contribution in [1.29, 1.82) is 0 Å². The summed E-state index contributed by atoms with van der Waals surface area (Å²) in [5, 5.41) is 2.45. The lowest BCUT2D eigenvalue weighted by atomic mass is 10.1. The van der Waals surface area contributed by atoms with E-state index in [2.05, 4.69) is 17.4 Å². The molecule has 3 rings (SSSR count). The Hall–Kier alpha value is -1.87. The Labute approximate surface area is 115 Å². The first kappa shape index (κ1) is 12.2. The van der Waals surface area contributed by atoms with Crippen molar-refractivity contribution < 1.29 is 9.18 Å². The second kappa shape index (κ2) is 4.67. The molecular formula is C15H11ClFNO. The van der Waals surface area contributed by atoms with Crippen LogP contribution in [-0.2, 0) is 11.2 Å². The molecule has 1 aliphatic carbocycles. The van der Waals surface area contributed by atoms with Crippen molar-refractivity contribution in [3.8, 4) is 11.1 Å². The van der Waals surface area contributed by atoms with E-state index in [0.717, 1.165) is 17.5 Å². The largest absolute Gasteiger partial charge is 0.322 e. The molecule has 0 bridgehead atoms. The van der Waals surface area contributed by atoms with Crippen LogP contribution in [0.4, 0.5) is 10.1 Å². The van der Waals surface area contributed by atoms with Gasteiger partial charge in [-0.2, -0.15) is 0 Å². The smallest absolute Gasteiger partial charge is 0.274 e. The van der Waals surface area contributed by atoms with Crippen molar-refractivity contribution in [3.05, 3.63) is 53.6 Å². The second-order valence-corrected chi connectivity index (χ2v) is 4.88. The van der Waals surface area contributed by atoms with E-state index in [1.54, 1.807) is 6.07 Å².